The number of benzene rings is 1. The maximum atomic E-state index is 12.1. The molecule has 0 radical (unpaired) electrons. The third-order valence-corrected chi connectivity index (χ3v) is 6.03. The maximum Gasteiger partial charge on any atom is 0.276 e. The lowest BCUT2D eigenvalue weighted by Gasteiger charge is -2.26. The first-order chi connectivity index (χ1) is 13.4. The number of aryl methyl sites for hydroxylation is 1. The fourth-order valence-electron chi connectivity index (χ4n) is 3.13. The normalized spacial score (nSPS) is 18.7. The molecule has 0 aliphatic carbocycles. The number of hydrogen-bond acceptors (Lipinski definition) is 5. The number of amides is 1. The number of rotatable bonds is 12. The van der Waals surface area contributed by atoms with Gasteiger partial charge in [0.05, 0.1) is 10.4 Å². The Morgan fingerprint density at radius 2 is 1.79 bits per heavy atom. The van der Waals surface area contributed by atoms with Crippen LogP contribution in [-0.2, 0) is 14.3 Å². The zero-order valence-electron chi connectivity index (χ0n) is 17.2. The largest absolute Gasteiger partial charge is 0.486 e. The molecule has 0 fully saturated rings. The van der Waals surface area contributed by atoms with E-state index in [0.29, 0.717) is 5.76 Å². The van der Waals surface area contributed by atoms with Gasteiger partial charge in [0.2, 0.25) is 5.12 Å². The Morgan fingerprint density at radius 1 is 1.11 bits per heavy atom. The van der Waals surface area contributed by atoms with Crippen LogP contribution in [0.15, 0.2) is 36.1 Å². The molecule has 1 aliphatic rings. The summed E-state index contributed by atoms with van der Waals surface area (Å²) in [7, 11) is 0. The first-order valence-electron chi connectivity index (χ1n) is 10.1. The molecule has 0 saturated carbocycles. The van der Waals surface area contributed by atoms with E-state index in [2.05, 4.69) is 17.8 Å². The highest BCUT2D eigenvalue weighted by Crippen LogP contribution is 2.44. The lowest BCUT2D eigenvalue weighted by molar-refractivity contribution is -0.124. The van der Waals surface area contributed by atoms with Crippen molar-refractivity contribution >= 4 is 28.5 Å². The molecule has 1 aromatic rings. The first kappa shape index (κ1) is 22.3. The molecule has 0 saturated heterocycles. The Bertz CT molecular complexity index is 688. The van der Waals surface area contributed by atoms with E-state index >= 15 is 0 Å². The molecule has 0 aromatic heterocycles. The smallest absolute Gasteiger partial charge is 0.276 e. The molecule has 1 unspecified atom stereocenters. The summed E-state index contributed by atoms with van der Waals surface area (Å²) in [6, 6.07) is 7.71. The minimum absolute atomic E-state index is 0.00155. The van der Waals surface area contributed by atoms with Crippen molar-refractivity contribution in [2.24, 2.45) is 0 Å². The predicted octanol–water partition coefficient (Wildman–Crippen LogP) is 5.12. The Balaban J connectivity index is 1.75. The molecule has 0 bridgehead atoms. The number of carbonyl (C=O) groups excluding carboxylic acids is 2. The van der Waals surface area contributed by atoms with Crippen LogP contribution in [0.3, 0.4) is 0 Å². The van der Waals surface area contributed by atoms with E-state index in [1.165, 1.54) is 49.9 Å². The third-order valence-electron chi connectivity index (χ3n) is 4.86. The van der Waals surface area contributed by atoms with Crippen LogP contribution in [0.25, 0.3) is 0 Å². The molecule has 2 rings (SSSR count). The van der Waals surface area contributed by atoms with Crippen molar-refractivity contribution in [2.45, 2.75) is 70.5 Å². The van der Waals surface area contributed by atoms with E-state index in [9.17, 15) is 9.59 Å². The maximum absolute atomic E-state index is 12.1. The van der Waals surface area contributed by atoms with E-state index in [-0.39, 0.29) is 22.4 Å². The van der Waals surface area contributed by atoms with Crippen LogP contribution in [0.2, 0.25) is 0 Å². The number of hydrogen-bond donors (Lipinski definition) is 2. The molecule has 1 aromatic carbocycles. The number of hydrazine groups is 1. The van der Waals surface area contributed by atoms with E-state index in [1.807, 2.05) is 38.1 Å². The number of ether oxygens (including phenoxy) is 1. The second-order valence-corrected chi connectivity index (χ2v) is 9.01. The quantitative estimate of drug-likeness (QED) is 0.374. The van der Waals surface area contributed by atoms with Crippen molar-refractivity contribution in [1.29, 1.82) is 0 Å². The molecule has 0 spiro atoms. The van der Waals surface area contributed by atoms with Gasteiger partial charge in [-0.15, -0.1) is 0 Å². The Kier molecular flexibility index (Phi) is 8.90. The summed E-state index contributed by atoms with van der Waals surface area (Å²) in [5.74, 6) is 0.328. The first-order valence-corrected chi connectivity index (χ1v) is 10.9. The van der Waals surface area contributed by atoms with E-state index in [1.54, 1.807) is 0 Å². The van der Waals surface area contributed by atoms with Crippen molar-refractivity contribution < 1.29 is 14.3 Å². The molecule has 2 N–H and O–H groups in total. The Labute approximate surface area is 172 Å². The van der Waals surface area contributed by atoms with Gasteiger partial charge in [0, 0.05) is 6.08 Å². The van der Waals surface area contributed by atoms with Crippen molar-refractivity contribution in [3.05, 3.63) is 41.7 Å². The highest BCUT2D eigenvalue weighted by atomic mass is 32.2. The van der Waals surface area contributed by atoms with Gasteiger partial charge in [-0.3, -0.25) is 20.4 Å². The van der Waals surface area contributed by atoms with Gasteiger partial charge in [0.15, 0.2) is 6.61 Å². The molecular formula is C22H32N2O3S. The molecule has 1 amide bonds. The molecular weight excluding hydrogens is 372 g/mol. The summed E-state index contributed by atoms with van der Waals surface area (Å²) in [5, 5.41) is 0.00155. The van der Waals surface area contributed by atoms with Crippen molar-refractivity contribution in [3.8, 4) is 0 Å². The van der Waals surface area contributed by atoms with Crippen LogP contribution < -0.4 is 10.9 Å². The fourth-order valence-corrected chi connectivity index (χ4v) is 4.21. The molecule has 154 valence electrons. The molecule has 1 aliphatic heterocycles. The third kappa shape index (κ3) is 7.23. The monoisotopic (exact) mass is 404 g/mol. The van der Waals surface area contributed by atoms with Crippen LogP contribution in [0.1, 0.15) is 64.4 Å². The van der Waals surface area contributed by atoms with Crippen molar-refractivity contribution in [1.82, 2.24) is 5.43 Å². The van der Waals surface area contributed by atoms with Gasteiger partial charge >= 0.3 is 0 Å². The summed E-state index contributed by atoms with van der Waals surface area (Å²) < 4.78 is 5.35. The van der Waals surface area contributed by atoms with Gasteiger partial charge in [-0.1, -0.05) is 74.9 Å². The number of nitrogens with one attached hydrogen (secondary N) is 2. The summed E-state index contributed by atoms with van der Waals surface area (Å²) in [4.78, 5) is 24.0. The second kappa shape index (κ2) is 11.1. The van der Waals surface area contributed by atoms with Crippen molar-refractivity contribution in [2.75, 3.05) is 12.0 Å². The topological polar surface area (TPSA) is 67.4 Å². The summed E-state index contributed by atoms with van der Waals surface area (Å²) >= 11 is 1.30. The highest BCUT2D eigenvalue weighted by molar-refractivity contribution is 8.15. The summed E-state index contributed by atoms with van der Waals surface area (Å²) in [6.45, 7) is 6.13. The molecule has 5 nitrogen and oxygen atoms in total. The fraction of sp³-hybridized carbons (Fsp3) is 0.545. The zero-order valence-corrected chi connectivity index (χ0v) is 18.0. The highest BCUT2D eigenvalue weighted by Gasteiger charge is 2.39. The lowest BCUT2D eigenvalue weighted by Crippen LogP contribution is -2.34. The predicted molar refractivity (Wildman–Crippen MR) is 116 cm³/mol. The van der Waals surface area contributed by atoms with Gasteiger partial charge in [0.1, 0.15) is 5.76 Å². The molecule has 1 atom stereocenters. The molecule has 6 heteroatoms. The number of anilines is 1. The Morgan fingerprint density at radius 3 is 2.50 bits per heavy atom. The minimum Gasteiger partial charge on any atom is -0.486 e. The van der Waals surface area contributed by atoms with Gasteiger partial charge in [-0.2, -0.15) is 0 Å². The van der Waals surface area contributed by atoms with E-state index in [4.69, 9.17) is 4.74 Å². The average molecular weight is 405 g/mol. The van der Waals surface area contributed by atoms with E-state index < -0.39 is 0 Å². The van der Waals surface area contributed by atoms with Crippen LogP contribution in [0.4, 0.5) is 5.69 Å². The van der Waals surface area contributed by atoms with Crippen LogP contribution >= 0.6 is 11.8 Å². The summed E-state index contributed by atoms with van der Waals surface area (Å²) in [5.41, 5.74) is 7.44. The SMILES string of the molecule is CCCCCCCCC1(C)SC(=O)C=C1OCC(=O)NNc1ccc(C)cc1. The lowest BCUT2D eigenvalue weighted by atomic mass is 9.99. The molecule has 1 heterocycles. The number of thioether (sulfide) groups is 1. The standard InChI is InChI=1S/C22H32N2O3S/c1-4-5-6-7-8-9-14-22(3)19(15-21(26)28-22)27-16-20(25)24-23-18-12-10-17(2)11-13-18/h10-13,15,23H,4-9,14,16H2,1-3H3,(H,24,25). The van der Waals surface area contributed by atoms with Crippen LogP contribution in [0.5, 0.6) is 0 Å². The van der Waals surface area contributed by atoms with Gasteiger partial charge in [-0.25, -0.2) is 0 Å². The Hall–Kier alpha value is -1.95. The average Bonchev–Trinajstić information content (AvgIpc) is 2.96. The molecule has 28 heavy (non-hydrogen) atoms. The minimum atomic E-state index is -0.369. The number of carbonyl (C=O) groups is 2. The van der Waals surface area contributed by atoms with E-state index in [0.717, 1.165) is 24.1 Å². The van der Waals surface area contributed by atoms with Crippen molar-refractivity contribution in [3.63, 3.8) is 0 Å². The van der Waals surface area contributed by atoms with Crippen LogP contribution in [0, 0.1) is 6.92 Å². The van der Waals surface area contributed by atoms with Crippen LogP contribution in [-0.4, -0.2) is 22.4 Å². The van der Waals surface area contributed by atoms with Gasteiger partial charge < -0.3 is 4.74 Å². The van der Waals surface area contributed by atoms with Gasteiger partial charge in [-0.05, 0) is 32.4 Å². The zero-order chi connectivity index (χ0) is 20.4. The number of unbranched alkanes of at least 4 members (excludes halogenated alkanes) is 5. The second-order valence-electron chi connectivity index (χ2n) is 7.51. The summed E-state index contributed by atoms with van der Waals surface area (Å²) in [6.07, 6.45) is 9.66. The van der Waals surface area contributed by atoms with Gasteiger partial charge in [0.25, 0.3) is 5.91 Å².